The van der Waals surface area contributed by atoms with Crippen LogP contribution in [0.5, 0.6) is 5.75 Å². The van der Waals surface area contributed by atoms with Crippen LogP contribution in [0.1, 0.15) is 47.4 Å². The molecule has 1 saturated carbocycles. The van der Waals surface area contributed by atoms with Crippen LogP contribution in [0, 0.1) is 24.6 Å². The Morgan fingerprint density at radius 1 is 1.20 bits per heavy atom. The summed E-state index contributed by atoms with van der Waals surface area (Å²) in [6, 6.07) is 7.94. The summed E-state index contributed by atoms with van der Waals surface area (Å²) < 4.78 is 18.6. The first kappa shape index (κ1) is 26.5. The van der Waals surface area contributed by atoms with Crippen LogP contribution in [0.25, 0.3) is 11.4 Å². The Bertz CT molecular complexity index is 1150. The number of rotatable bonds is 8. The highest BCUT2D eigenvalue weighted by atomic mass is 35.5. The topological polar surface area (TPSA) is 121 Å². The predicted octanol–water partition coefficient (Wildman–Crippen LogP) is 3.31. The zero-order valence-electron chi connectivity index (χ0n) is 19.9. The van der Waals surface area contributed by atoms with E-state index in [4.69, 9.17) is 10.5 Å². The summed E-state index contributed by atoms with van der Waals surface area (Å²) in [5.41, 5.74) is 8.10. The van der Waals surface area contributed by atoms with Crippen molar-refractivity contribution in [2.45, 2.75) is 45.7 Å². The number of carbonyl (C=O) groups excluding carboxylic acids is 1. The first-order valence-corrected chi connectivity index (χ1v) is 11.5. The van der Waals surface area contributed by atoms with Crippen molar-refractivity contribution in [3.8, 4) is 17.1 Å². The first-order valence-electron chi connectivity index (χ1n) is 11.5. The van der Waals surface area contributed by atoms with Gasteiger partial charge in [0.2, 0.25) is 5.82 Å². The lowest BCUT2D eigenvalue weighted by molar-refractivity contribution is 0.0945. The van der Waals surface area contributed by atoms with E-state index < -0.39 is 5.82 Å². The number of benzene rings is 1. The molecule has 0 aliphatic heterocycles. The zero-order chi connectivity index (χ0) is 24.1. The van der Waals surface area contributed by atoms with Crippen molar-refractivity contribution in [2.75, 3.05) is 13.7 Å². The van der Waals surface area contributed by atoms with Gasteiger partial charge < -0.3 is 15.8 Å². The van der Waals surface area contributed by atoms with Crippen molar-refractivity contribution in [3.63, 3.8) is 0 Å². The van der Waals surface area contributed by atoms with Gasteiger partial charge in [0.05, 0.1) is 13.7 Å². The molecule has 11 heteroatoms. The fourth-order valence-corrected chi connectivity index (χ4v) is 4.32. The number of nitrogens with one attached hydrogen (secondary N) is 1. The summed E-state index contributed by atoms with van der Waals surface area (Å²) in [6.45, 7) is 3.50. The largest absolute Gasteiger partial charge is 0.494 e. The smallest absolute Gasteiger partial charge is 0.270 e. The van der Waals surface area contributed by atoms with Crippen LogP contribution in [0.4, 0.5) is 4.39 Å². The SMILES string of the molecule is COc1cc(CNC(=O)c2cc(-c3nnn(CC4CCC(CN)CC4)n3)cc(C)n2)ccc1F.Cl. The van der Waals surface area contributed by atoms with Crippen molar-refractivity contribution in [2.24, 2.45) is 17.6 Å². The minimum absolute atomic E-state index is 0. The van der Waals surface area contributed by atoms with Gasteiger partial charge in [0.15, 0.2) is 11.6 Å². The van der Waals surface area contributed by atoms with E-state index in [-0.39, 0.29) is 36.3 Å². The van der Waals surface area contributed by atoms with Crippen LogP contribution in [0.3, 0.4) is 0 Å². The molecule has 0 saturated heterocycles. The maximum Gasteiger partial charge on any atom is 0.270 e. The van der Waals surface area contributed by atoms with Crippen LogP contribution in [-0.2, 0) is 13.1 Å². The van der Waals surface area contributed by atoms with Crippen molar-refractivity contribution in [1.29, 1.82) is 0 Å². The standard InChI is InChI=1S/C24H30FN7O2.ClH/c1-15-9-19(23-29-31-32(30-23)14-17-5-3-16(12-26)4-6-17)11-21(28-15)24(33)27-13-18-7-8-20(25)22(10-18)34-2;/h7-11,16-17H,3-6,12-14,26H2,1-2H3,(H,27,33);1H. The average Bonchev–Trinajstić information content (AvgIpc) is 3.32. The van der Waals surface area contributed by atoms with Gasteiger partial charge in [0.25, 0.3) is 5.91 Å². The summed E-state index contributed by atoms with van der Waals surface area (Å²) >= 11 is 0. The normalized spacial score (nSPS) is 17.5. The number of aryl methyl sites for hydroxylation is 1. The van der Waals surface area contributed by atoms with E-state index in [1.165, 1.54) is 13.2 Å². The van der Waals surface area contributed by atoms with E-state index in [9.17, 15) is 9.18 Å². The number of aromatic nitrogens is 5. The molecule has 188 valence electrons. The summed E-state index contributed by atoms with van der Waals surface area (Å²) in [6.07, 6.45) is 4.54. The molecule has 9 nitrogen and oxygen atoms in total. The van der Waals surface area contributed by atoms with Crippen LogP contribution in [0.15, 0.2) is 30.3 Å². The van der Waals surface area contributed by atoms with Gasteiger partial charge in [-0.25, -0.2) is 9.37 Å². The lowest BCUT2D eigenvalue weighted by atomic mass is 9.82. The number of nitrogens with zero attached hydrogens (tertiary/aromatic N) is 5. The van der Waals surface area contributed by atoms with Gasteiger partial charge >= 0.3 is 0 Å². The highest BCUT2D eigenvalue weighted by molar-refractivity contribution is 5.93. The van der Waals surface area contributed by atoms with Crippen molar-refractivity contribution < 1.29 is 13.9 Å². The lowest BCUT2D eigenvalue weighted by Crippen LogP contribution is -2.24. The Kier molecular flexibility index (Phi) is 9.11. The van der Waals surface area contributed by atoms with Gasteiger partial charge in [-0.05, 0) is 86.0 Å². The molecule has 35 heavy (non-hydrogen) atoms. The molecule has 4 rings (SSSR count). The molecule has 1 aromatic carbocycles. The van der Waals surface area contributed by atoms with Gasteiger partial charge in [-0.15, -0.1) is 22.6 Å². The van der Waals surface area contributed by atoms with Gasteiger partial charge in [-0.3, -0.25) is 4.79 Å². The average molecular weight is 504 g/mol. The van der Waals surface area contributed by atoms with Crippen molar-refractivity contribution in [1.82, 2.24) is 30.5 Å². The summed E-state index contributed by atoms with van der Waals surface area (Å²) in [5, 5.41) is 15.8. The molecule has 1 amide bonds. The predicted molar refractivity (Wildman–Crippen MR) is 132 cm³/mol. The van der Waals surface area contributed by atoms with Gasteiger partial charge in [-0.1, -0.05) is 6.07 Å². The Morgan fingerprint density at radius 2 is 1.94 bits per heavy atom. The van der Waals surface area contributed by atoms with E-state index in [0.29, 0.717) is 34.5 Å². The molecule has 1 aliphatic carbocycles. The number of pyridine rings is 1. The van der Waals surface area contributed by atoms with Crippen LogP contribution < -0.4 is 15.8 Å². The minimum atomic E-state index is -0.452. The number of hydrogen-bond donors (Lipinski definition) is 2. The van der Waals surface area contributed by atoms with Gasteiger partial charge in [-0.2, -0.15) is 4.80 Å². The second-order valence-electron chi connectivity index (χ2n) is 8.82. The third-order valence-electron chi connectivity index (χ3n) is 6.29. The minimum Gasteiger partial charge on any atom is -0.494 e. The van der Waals surface area contributed by atoms with Gasteiger partial charge in [0.1, 0.15) is 5.69 Å². The molecule has 0 spiro atoms. The van der Waals surface area contributed by atoms with Crippen LogP contribution >= 0.6 is 12.4 Å². The van der Waals surface area contributed by atoms with E-state index >= 15 is 0 Å². The fraction of sp³-hybridized carbons (Fsp3) is 0.458. The Morgan fingerprint density at radius 3 is 2.66 bits per heavy atom. The summed E-state index contributed by atoms with van der Waals surface area (Å²) in [5.74, 6) is 0.937. The zero-order valence-corrected chi connectivity index (χ0v) is 20.7. The van der Waals surface area contributed by atoms with Crippen molar-refractivity contribution >= 4 is 18.3 Å². The molecule has 0 atom stereocenters. The molecule has 3 aromatic rings. The third kappa shape index (κ3) is 6.73. The fourth-order valence-electron chi connectivity index (χ4n) is 4.32. The molecular formula is C24H31ClFN7O2. The van der Waals surface area contributed by atoms with Crippen LogP contribution in [0.2, 0.25) is 0 Å². The number of methoxy groups -OCH3 is 1. The number of tetrazole rings is 1. The molecule has 0 radical (unpaired) electrons. The highest BCUT2D eigenvalue weighted by Crippen LogP contribution is 2.29. The van der Waals surface area contributed by atoms with Crippen LogP contribution in [-0.4, -0.2) is 44.8 Å². The van der Waals surface area contributed by atoms with Gasteiger partial charge in [0, 0.05) is 17.8 Å². The third-order valence-corrected chi connectivity index (χ3v) is 6.29. The number of ether oxygens (including phenoxy) is 1. The maximum absolute atomic E-state index is 13.6. The lowest BCUT2D eigenvalue weighted by Gasteiger charge is -2.26. The van der Waals surface area contributed by atoms with E-state index in [2.05, 4.69) is 25.7 Å². The highest BCUT2D eigenvalue weighted by Gasteiger charge is 2.22. The second kappa shape index (κ2) is 12.0. The number of hydrogen-bond acceptors (Lipinski definition) is 7. The first-order chi connectivity index (χ1) is 16.4. The Labute approximate surface area is 210 Å². The Hall–Kier alpha value is -3.11. The second-order valence-corrected chi connectivity index (χ2v) is 8.82. The quantitative estimate of drug-likeness (QED) is 0.483. The van der Waals surface area contributed by atoms with Crippen molar-refractivity contribution in [3.05, 3.63) is 53.1 Å². The molecule has 1 aliphatic rings. The Balaban J connectivity index is 0.00000342. The molecule has 2 aromatic heterocycles. The summed E-state index contributed by atoms with van der Waals surface area (Å²) in [4.78, 5) is 18.7. The molecule has 3 N–H and O–H groups in total. The van der Waals surface area contributed by atoms with E-state index in [1.54, 1.807) is 23.0 Å². The summed E-state index contributed by atoms with van der Waals surface area (Å²) in [7, 11) is 1.40. The molecule has 0 unspecified atom stereocenters. The number of halogens is 2. The number of carbonyl (C=O) groups is 1. The van der Waals surface area contributed by atoms with E-state index in [1.807, 2.05) is 13.0 Å². The molecular weight excluding hydrogens is 473 g/mol. The molecule has 1 fully saturated rings. The van der Waals surface area contributed by atoms with E-state index in [0.717, 1.165) is 38.8 Å². The molecule has 0 bridgehead atoms. The maximum atomic E-state index is 13.6. The monoisotopic (exact) mass is 503 g/mol. The number of amides is 1. The number of nitrogens with two attached hydrogens (primary N) is 1. The molecule has 2 heterocycles.